The van der Waals surface area contributed by atoms with Crippen LogP contribution in [0.2, 0.25) is 0 Å². The normalized spacial score (nSPS) is 23.0. The van der Waals surface area contributed by atoms with E-state index in [4.69, 9.17) is 4.74 Å². The Bertz CT molecular complexity index is 922. The van der Waals surface area contributed by atoms with Crippen molar-refractivity contribution < 1.29 is 19.4 Å². The van der Waals surface area contributed by atoms with E-state index in [0.29, 0.717) is 0 Å². The smallest absolute Gasteiger partial charge is 0.310 e. The van der Waals surface area contributed by atoms with Gasteiger partial charge in [-0.2, -0.15) is 0 Å². The van der Waals surface area contributed by atoms with E-state index < -0.39 is 29.6 Å². The summed E-state index contributed by atoms with van der Waals surface area (Å²) in [6, 6.07) is 28.3. The molecule has 4 rings (SSSR count). The standard InChI is InChI=1S/C25H22O4/c26-24(27)22-20(18-12-6-2-7-13-18)23(21(22)19-14-8-3-9-15-19)25(28)29-16-17-10-4-1-5-11-17/h1-15,20-23H,16H2,(H,26,27)/t20-,21-,22-,23-/m1/s1. The van der Waals surface area contributed by atoms with Gasteiger partial charge in [-0.3, -0.25) is 9.59 Å². The van der Waals surface area contributed by atoms with Crippen LogP contribution in [-0.4, -0.2) is 17.0 Å². The number of carboxylic acid groups (broad SMARTS) is 1. The number of esters is 1. The first-order valence-electron chi connectivity index (χ1n) is 9.70. The van der Waals surface area contributed by atoms with Crippen LogP contribution in [-0.2, 0) is 20.9 Å². The quantitative estimate of drug-likeness (QED) is 0.628. The molecule has 0 aliphatic heterocycles. The first-order chi connectivity index (χ1) is 14.2. The summed E-state index contributed by atoms with van der Waals surface area (Å²) in [5, 5.41) is 9.95. The first-order valence-corrected chi connectivity index (χ1v) is 9.70. The molecule has 0 bridgehead atoms. The fourth-order valence-electron chi connectivity index (χ4n) is 4.35. The molecule has 0 saturated heterocycles. The second-order valence-corrected chi connectivity index (χ2v) is 7.36. The number of carbonyl (C=O) groups is 2. The minimum atomic E-state index is -0.889. The molecule has 2 atom stereocenters. The zero-order chi connectivity index (χ0) is 20.2. The van der Waals surface area contributed by atoms with Gasteiger partial charge in [0.2, 0.25) is 0 Å². The molecule has 0 amide bonds. The lowest BCUT2D eigenvalue weighted by Gasteiger charge is -2.49. The van der Waals surface area contributed by atoms with E-state index in [1.54, 1.807) is 0 Å². The van der Waals surface area contributed by atoms with E-state index in [1.807, 2.05) is 91.0 Å². The van der Waals surface area contributed by atoms with Crippen LogP contribution >= 0.6 is 0 Å². The van der Waals surface area contributed by atoms with Crippen LogP contribution in [0.4, 0.5) is 0 Å². The summed E-state index contributed by atoms with van der Waals surface area (Å²) in [6.45, 7) is 0.178. The SMILES string of the molecule is O=C(O)[C@H]1[C@@H](c2ccccc2)[C@H](C(=O)OCc2ccccc2)[C@@H]1c1ccccc1. The van der Waals surface area contributed by atoms with Gasteiger partial charge in [-0.25, -0.2) is 0 Å². The van der Waals surface area contributed by atoms with Gasteiger partial charge in [0.05, 0.1) is 11.8 Å². The molecule has 0 radical (unpaired) electrons. The highest BCUT2D eigenvalue weighted by Crippen LogP contribution is 2.58. The number of ether oxygens (including phenoxy) is 1. The average Bonchev–Trinajstić information content (AvgIpc) is 2.73. The van der Waals surface area contributed by atoms with Gasteiger partial charge in [0.25, 0.3) is 0 Å². The molecule has 1 saturated carbocycles. The summed E-state index contributed by atoms with van der Waals surface area (Å²) in [5.41, 5.74) is 2.62. The Kier molecular flexibility index (Phi) is 5.43. The van der Waals surface area contributed by atoms with Crippen molar-refractivity contribution in [1.29, 1.82) is 0 Å². The van der Waals surface area contributed by atoms with Crippen molar-refractivity contribution in [2.75, 3.05) is 0 Å². The minimum Gasteiger partial charge on any atom is -0.481 e. The Labute approximate surface area is 169 Å². The van der Waals surface area contributed by atoms with Crippen molar-refractivity contribution in [3.8, 4) is 0 Å². The highest BCUT2D eigenvalue weighted by atomic mass is 16.5. The summed E-state index contributed by atoms with van der Waals surface area (Å²) in [4.78, 5) is 25.3. The molecule has 0 heterocycles. The largest absolute Gasteiger partial charge is 0.481 e. The number of benzene rings is 3. The van der Waals surface area contributed by atoms with E-state index in [-0.39, 0.29) is 12.6 Å². The molecule has 0 aromatic heterocycles. The molecular weight excluding hydrogens is 364 g/mol. The second-order valence-electron chi connectivity index (χ2n) is 7.36. The third-order valence-electron chi connectivity index (χ3n) is 5.70. The predicted molar refractivity (Wildman–Crippen MR) is 109 cm³/mol. The molecule has 4 nitrogen and oxygen atoms in total. The number of hydrogen-bond acceptors (Lipinski definition) is 3. The van der Waals surface area contributed by atoms with Crippen molar-refractivity contribution in [1.82, 2.24) is 0 Å². The van der Waals surface area contributed by atoms with Gasteiger partial charge in [-0.15, -0.1) is 0 Å². The Morgan fingerprint density at radius 1 is 0.690 bits per heavy atom. The molecule has 146 valence electrons. The van der Waals surface area contributed by atoms with Crippen molar-refractivity contribution >= 4 is 11.9 Å². The van der Waals surface area contributed by atoms with E-state index in [9.17, 15) is 14.7 Å². The van der Waals surface area contributed by atoms with E-state index in [1.165, 1.54) is 0 Å². The molecule has 0 unspecified atom stereocenters. The third-order valence-corrected chi connectivity index (χ3v) is 5.70. The lowest BCUT2D eigenvalue weighted by atomic mass is 9.52. The van der Waals surface area contributed by atoms with Gasteiger partial charge < -0.3 is 9.84 Å². The van der Waals surface area contributed by atoms with Crippen molar-refractivity contribution in [2.45, 2.75) is 18.4 Å². The van der Waals surface area contributed by atoms with Gasteiger partial charge in [-0.1, -0.05) is 91.0 Å². The summed E-state index contributed by atoms with van der Waals surface area (Å²) in [6.07, 6.45) is 0. The lowest BCUT2D eigenvalue weighted by Crippen LogP contribution is -2.51. The zero-order valence-corrected chi connectivity index (χ0v) is 15.8. The fraction of sp³-hybridized carbons (Fsp3) is 0.200. The Morgan fingerprint density at radius 3 is 1.59 bits per heavy atom. The minimum absolute atomic E-state index is 0.178. The molecule has 3 aromatic rings. The molecule has 1 fully saturated rings. The second kappa shape index (κ2) is 8.31. The zero-order valence-electron chi connectivity index (χ0n) is 15.8. The Morgan fingerprint density at radius 2 is 1.14 bits per heavy atom. The average molecular weight is 386 g/mol. The summed E-state index contributed by atoms with van der Waals surface area (Å²) in [5.74, 6) is -3.28. The maximum absolute atomic E-state index is 13.1. The van der Waals surface area contributed by atoms with Crippen molar-refractivity contribution in [3.05, 3.63) is 108 Å². The van der Waals surface area contributed by atoms with Gasteiger partial charge in [0.15, 0.2) is 0 Å². The lowest BCUT2D eigenvalue weighted by molar-refractivity contribution is -0.165. The summed E-state index contributed by atoms with van der Waals surface area (Å²) in [7, 11) is 0. The monoisotopic (exact) mass is 386 g/mol. The maximum atomic E-state index is 13.1. The van der Waals surface area contributed by atoms with Gasteiger partial charge in [0, 0.05) is 11.8 Å². The summed E-state index contributed by atoms with van der Waals surface area (Å²) < 4.78 is 5.63. The number of hydrogen-bond donors (Lipinski definition) is 1. The number of aliphatic carboxylic acids is 1. The van der Waals surface area contributed by atoms with Crippen molar-refractivity contribution in [2.24, 2.45) is 11.8 Å². The van der Waals surface area contributed by atoms with E-state index in [0.717, 1.165) is 16.7 Å². The fourth-order valence-corrected chi connectivity index (χ4v) is 4.35. The van der Waals surface area contributed by atoms with Crippen LogP contribution in [0.15, 0.2) is 91.0 Å². The maximum Gasteiger partial charge on any atom is 0.310 e. The number of carboxylic acids is 1. The van der Waals surface area contributed by atoms with Crippen molar-refractivity contribution in [3.63, 3.8) is 0 Å². The molecule has 0 spiro atoms. The Hall–Kier alpha value is -3.40. The van der Waals surface area contributed by atoms with Gasteiger partial charge >= 0.3 is 11.9 Å². The molecule has 3 aromatic carbocycles. The van der Waals surface area contributed by atoms with Crippen LogP contribution in [0.5, 0.6) is 0 Å². The van der Waals surface area contributed by atoms with Crippen LogP contribution in [0.3, 0.4) is 0 Å². The van der Waals surface area contributed by atoms with Crippen LogP contribution in [0, 0.1) is 11.8 Å². The van der Waals surface area contributed by atoms with Gasteiger partial charge in [0.1, 0.15) is 6.61 Å². The highest BCUT2D eigenvalue weighted by Gasteiger charge is 2.59. The number of carbonyl (C=O) groups excluding carboxylic acids is 1. The van der Waals surface area contributed by atoms with Gasteiger partial charge in [-0.05, 0) is 16.7 Å². The van der Waals surface area contributed by atoms with E-state index >= 15 is 0 Å². The highest BCUT2D eigenvalue weighted by molar-refractivity contribution is 5.84. The summed E-state index contributed by atoms with van der Waals surface area (Å²) >= 11 is 0. The number of rotatable bonds is 6. The Balaban J connectivity index is 1.65. The van der Waals surface area contributed by atoms with E-state index in [2.05, 4.69) is 0 Å². The molecule has 29 heavy (non-hydrogen) atoms. The predicted octanol–water partition coefficient (Wildman–Crippen LogP) is 4.63. The molecule has 1 aliphatic carbocycles. The molecule has 4 heteroatoms. The molecular formula is C25H22O4. The molecule has 1 aliphatic rings. The van der Waals surface area contributed by atoms with Crippen LogP contribution < -0.4 is 0 Å². The molecule has 1 N–H and O–H groups in total. The van der Waals surface area contributed by atoms with Crippen LogP contribution in [0.25, 0.3) is 0 Å². The third kappa shape index (κ3) is 3.79. The topological polar surface area (TPSA) is 63.6 Å². The van der Waals surface area contributed by atoms with Crippen LogP contribution in [0.1, 0.15) is 28.5 Å². The first kappa shape index (κ1) is 18.9.